The van der Waals surface area contributed by atoms with Gasteiger partial charge in [-0.2, -0.15) is 5.10 Å². The maximum Gasteiger partial charge on any atom is 0.274 e. The molecule has 5 rings (SSSR count). The summed E-state index contributed by atoms with van der Waals surface area (Å²) in [4.78, 5) is 22.3. The summed E-state index contributed by atoms with van der Waals surface area (Å²) >= 11 is 0. The smallest absolute Gasteiger partial charge is 0.274 e. The highest BCUT2D eigenvalue weighted by molar-refractivity contribution is 5.93. The molecule has 2 aliphatic rings. The molecule has 152 valence electrons. The zero-order chi connectivity index (χ0) is 20.3. The molecule has 0 spiro atoms. The average Bonchev–Trinajstić information content (AvgIpc) is 3.40. The van der Waals surface area contributed by atoms with Crippen LogP contribution in [-0.2, 0) is 13.6 Å². The van der Waals surface area contributed by atoms with Gasteiger partial charge in [0.2, 0.25) is 0 Å². The van der Waals surface area contributed by atoms with Crippen LogP contribution in [0.1, 0.15) is 40.9 Å². The van der Waals surface area contributed by atoms with Crippen molar-refractivity contribution in [3.63, 3.8) is 0 Å². The second-order valence-corrected chi connectivity index (χ2v) is 9.02. The number of hydrogen-bond donors (Lipinski definition) is 0. The molecule has 0 unspecified atom stereocenters. The fourth-order valence-electron chi connectivity index (χ4n) is 5.16. The standard InChI is InChI=1S/C22H28N6O/c1-15-10-16(2)28-20(23-15)11-18(24-28)21(29)27-13-19-22(3,14-27)7-9-26(19)12-17-6-5-8-25(17)4/h5-6,8,10-11,19H,7,9,12-14H2,1-4H3/t19-,22+/m1/s1. The van der Waals surface area contributed by atoms with Crippen molar-refractivity contribution in [2.45, 2.75) is 39.8 Å². The van der Waals surface area contributed by atoms with E-state index in [9.17, 15) is 4.79 Å². The molecule has 2 aliphatic heterocycles. The molecule has 2 fully saturated rings. The number of aryl methyl sites for hydroxylation is 3. The van der Waals surface area contributed by atoms with Crippen LogP contribution in [0.2, 0.25) is 0 Å². The highest BCUT2D eigenvalue weighted by Gasteiger charge is 2.51. The molecule has 0 aromatic carbocycles. The van der Waals surface area contributed by atoms with Gasteiger partial charge in [0.25, 0.3) is 5.91 Å². The number of carbonyl (C=O) groups is 1. The van der Waals surface area contributed by atoms with Crippen molar-refractivity contribution in [3.05, 3.63) is 53.2 Å². The lowest BCUT2D eigenvalue weighted by atomic mass is 9.85. The Morgan fingerprint density at radius 3 is 2.90 bits per heavy atom. The second kappa shape index (κ2) is 6.42. The van der Waals surface area contributed by atoms with Crippen molar-refractivity contribution in [2.75, 3.05) is 19.6 Å². The van der Waals surface area contributed by atoms with E-state index in [0.717, 1.165) is 49.6 Å². The molecular weight excluding hydrogens is 364 g/mol. The molecule has 2 saturated heterocycles. The van der Waals surface area contributed by atoms with Gasteiger partial charge in [-0.05, 0) is 45.0 Å². The first-order valence-corrected chi connectivity index (χ1v) is 10.3. The van der Waals surface area contributed by atoms with Crippen molar-refractivity contribution in [2.24, 2.45) is 12.5 Å². The van der Waals surface area contributed by atoms with Crippen LogP contribution in [0.15, 0.2) is 30.5 Å². The van der Waals surface area contributed by atoms with Crippen LogP contribution in [0.25, 0.3) is 5.65 Å². The number of likely N-dealkylation sites (tertiary alicyclic amines) is 2. The molecule has 2 atom stereocenters. The first kappa shape index (κ1) is 18.4. The number of nitrogens with zero attached hydrogens (tertiary/aromatic N) is 6. The van der Waals surface area contributed by atoms with Crippen LogP contribution in [0, 0.1) is 19.3 Å². The lowest BCUT2D eigenvalue weighted by Crippen LogP contribution is -2.38. The van der Waals surface area contributed by atoms with Crippen molar-refractivity contribution >= 4 is 11.6 Å². The quantitative estimate of drug-likeness (QED) is 0.687. The van der Waals surface area contributed by atoms with Gasteiger partial charge in [-0.25, -0.2) is 9.50 Å². The van der Waals surface area contributed by atoms with Gasteiger partial charge < -0.3 is 9.47 Å². The normalized spacial score (nSPS) is 24.6. The molecule has 7 heteroatoms. The predicted molar refractivity (Wildman–Crippen MR) is 111 cm³/mol. The van der Waals surface area contributed by atoms with Crippen LogP contribution in [0.4, 0.5) is 0 Å². The van der Waals surface area contributed by atoms with Crippen LogP contribution in [0.3, 0.4) is 0 Å². The Hall–Kier alpha value is -2.67. The van der Waals surface area contributed by atoms with Crippen LogP contribution in [-0.4, -0.2) is 60.5 Å². The monoisotopic (exact) mass is 392 g/mol. The number of amides is 1. The number of hydrogen-bond acceptors (Lipinski definition) is 4. The van der Waals surface area contributed by atoms with Crippen LogP contribution >= 0.6 is 0 Å². The minimum atomic E-state index is 0.0157. The summed E-state index contributed by atoms with van der Waals surface area (Å²) in [5.74, 6) is 0.0157. The molecule has 0 saturated carbocycles. The molecule has 0 aliphatic carbocycles. The van der Waals surface area contributed by atoms with Gasteiger partial charge in [-0.15, -0.1) is 0 Å². The average molecular weight is 393 g/mol. The highest BCUT2D eigenvalue weighted by atomic mass is 16.2. The Balaban J connectivity index is 1.37. The Labute approximate surface area is 170 Å². The van der Waals surface area contributed by atoms with Crippen LogP contribution < -0.4 is 0 Å². The van der Waals surface area contributed by atoms with E-state index in [1.54, 1.807) is 4.52 Å². The van der Waals surface area contributed by atoms with Crippen molar-refractivity contribution in [3.8, 4) is 0 Å². The molecule has 29 heavy (non-hydrogen) atoms. The van der Waals surface area contributed by atoms with E-state index in [1.165, 1.54) is 5.69 Å². The van der Waals surface area contributed by atoms with Crippen LogP contribution in [0.5, 0.6) is 0 Å². The SMILES string of the molecule is Cc1cc(C)n2nc(C(=O)N3C[C@H]4N(Cc5cccn5C)CC[C@@]4(C)C3)cc2n1. The maximum absolute atomic E-state index is 13.3. The van der Waals surface area contributed by atoms with E-state index >= 15 is 0 Å². The predicted octanol–water partition coefficient (Wildman–Crippen LogP) is 2.42. The first-order valence-electron chi connectivity index (χ1n) is 10.3. The third-order valence-electron chi connectivity index (χ3n) is 6.82. The topological polar surface area (TPSA) is 58.7 Å². The summed E-state index contributed by atoms with van der Waals surface area (Å²) < 4.78 is 3.95. The second-order valence-electron chi connectivity index (χ2n) is 9.02. The van der Waals surface area contributed by atoms with E-state index in [-0.39, 0.29) is 11.3 Å². The number of rotatable bonds is 3. The summed E-state index contributed by atoms with van der Waals surface area (Å²) in [7, 11) is 2.09. The lowest BCUT2D eigenvalue weighted by molar-refractivity contribution is 0.0758. The zero-order valence-electron chi connectivity index (χ0n) is 17.6. The molecule has 3 aromatic heterocycles. The molecule has 5 heterocycles. The van der Waals surface area contributed by atoms with E-state index in [4.69, 9.17) is 0 Å². The summed E-state index contributed by atoms with van der Waals surface area (Å²) in [6, 6.07) is 8.47. The van der Waals surface area contributed by atoms with E-state index in [0.29, 0.717) is 11.7 Å². The van der Waals surface area contributed by atoms with E-state index < -0.39 is 0 Å². The van der Waals surface area contributed by atoms with Crippen molar-refractivity contribution in [1.82, 2.24) is 29.0 Å². The lowest BCUT2D eigenvalue weighted by Gasteiger charge is -2.27. The summed E-state index contributed by atoms with van der Waals surface area (Å²) in [5.41, 5.74) is 4.62. The van der Waals surface area contributed by atoms with Gasteiger partial charge in [0.1, 0.15) is 0 Å². The van der Waals surface area contributed by atoms with Gasteiger partial charge in [0, 0.05) is 67.5 Å². The summed E-state index contributed by atoms with van der Waals surface area (Å²) in [6.45, 7) is 9.86. The van der Waals surface area contributed by atoms with Gasteiger partial charge in [0.05, 0.1) is 0 Å². The van der Waals surface area contributed by atoms with Gasteiger partial charge in [-0.3, -0.25) is 9.69 Å². The third kappa shape index (κ3) is 2.95. The number of aromatic nitrogens is 4. The first-order chi connectivity index (χ1) is 13.8. The highest BCUT2D eigenvalue weighted by Crippen LogP contribution is 2.43. The third-order valence-corrected chi connectivity index (χ3v) is 6.82. The molecular formula is C22H28N6O. The van der Waals surface area contributed by atoms with E-state index in [1.807, 2.05) is 30.9 Å². The fourth-order valence-corrected chi connectivity index (χ4v) is 5.16. The minimum Gasteiger partial charge on any atom is -0.353 e. The Bertz CT molecular complexity index is 1100. The molecule has 1 amide bonds. The molecule has 3 aromatic rings. The number of carbonyl (C=O) groups excluding carboxylic acids is 1. The fraction of sp³-hybridized carbons (Fsp3) is 0.500. The van der Waals surface area contributed by atoms with Gasteiger partial charge in [-0.1, -0.05) is 6.92 Å². The van der Waals surface area contributed by atoms with E-state index in [2.05, 4.69) is 51.9 Å². The maximum atomic E-state index is 13.3. The Morgan fingerprint density at radius 1 is 1.31 bits per heavy atom. The molecule has 0 N–H and O–H groups in total. The largest absolute Gasteiger partial charge is 0.353 e. The summed E-state index contributed by atoms with van der Waals surface area (Å²) in [6.07, 6.45) is 3.22. The van der Waals surface area contributed by atoms with Gasteiger partial charge >= 0.3 is 0 Å². The van der Waals surface area contributed by atoms with Crippen molar-refractivity contribution < 1.29 is 4.79 Å². The Kier molecular flexibility index (Phi) is 4.07. The molecule has 7 nitrogen and oxygen atoms in total. The Morgan fingerprint density at radius 2 is 2.14 bits per heavy atom. The minimum absolute atomic E-state index is 0.0157. The number of fused-ring (bicyclic) bond motifs is 2. The molecule has 0 bridgehead atoms. The molecule has 0 radical (unpaired) electrons. The van der Waals surface area contributed by atoms with Crippen molar-refractivity contribution in [1.29, 1.82) is 0 Å². The van der Waals surface area contributed by atoms with Gasteiger partial charge in [0.15, 0.2) is 11.3 Å². The summed E-state index contributed by atoms with van der Waals surface area (Å²) in [5, 5.41) is 4.55. The zero-order valence-corrected chi connectivity index (χ0v) is 17.6.